The van der Waals surface area contributed by atoms with Crippen molar-refractivity contribution in [3.05, 3.63) is 22.2 Å². The molecule has 1 aromatic heterocycles. The monoisotopic (exact) mass is 253 g/mol. The van der Waals surface area contributed by atoms with Crippen LogP contribution in [0.1, 0.15) is 45.1 Å². The maximum Gasteiger partial charge on any atom is 0.129 e. The predicted octanol–water partition coefficient (Wildman–Crippen LogP) is 3.15. The van der Waals surface area contributed by atoms with Crippen LogP contribution in [0, 0.1) is 4.64 Å². The first-order valence-electron chi connectivity index (χ1n) is 6.39. The van der Waals surface area contributed by atoms with Crippen LogP contribution in [-0.4, -0.2) is 34.5 Å². The summed E-state index contributed by atoms with van der Waals surface area (Å²) >= 11 is 5.20. The average Bonchev–Trinajstić information content (AvgIpc) is 2.29. The van der Waals surface area contributed by atoms with E-state index in [-0.39, 0.29) is 0 Å². The number of likely N-dealkylation sites (N-methyl/N-ethyl adjacent to an activating group) is 1. The molecule has 0 aliphatic rings. The Hall–Kier alpha value is -0.740. The van der Waals surface area contributed by atoms with Gasteiger partial charge in [-0.1, -0.05) is 39.9 Å². The van der Waals surface area contributed by atoms with Gasteiger partial charge in [-0.2, -0.15) is 0 Å². The molecule has 0 fully saturated rings. The molecule has 0 aliphatic heterocycles. The zero-order valence-corrected chi connectivity index (χ0v) is 12.1. The summed E-state index contributed by atoms with van der Waals surface area (Å²) in [5.41, 5.74) is 1.18. The molecule has 1 rings (SSSR count). The number of nitrogens with zero attached hydrogens (tertiary/aromatic N) is 2. The summed E-state index contributed by atoms with van der Waals surface area (Å²) in [6, 6.07) is 1.96. The Kier molecular flexibility index (Phi) is 5.78. The van der Waals surface area contributed by atoms with Crippen molar-refractivity contribution in [1.82, 2.24) is 14.9 Å². The molecule has 0 unspecified atom stereocenters. The molecule has 4 heteroatoms. The van der Waals surface area contributed by atoms with Crippen molar-refractivity contribution in [2.45, 2.75) is 40.0 Å². The van der Waals surface area contributed by atoms with Crippen molar-refractivity contribution in [2.24, 2.45) is 0 Å². The SMILES string of the molecule is CCN(CC)CCc1nc(=S)cc(C(C)C)[nH]1. The van der Waals surface area contributed by atoms with Crippen LogP contribution in [0.25, 0.3) is 0 Å². The van der Waals surface area contributed by atoms with E-state index < -0.39 is 0 Å². The predicted molar refractivity (Wildman–Crippen MR) is 75.0 cm³/mol. The Morgan fingerprint density at radius 2 is 2.00 bits per heavy atom. The van der Waals surface area contributed by atoms with Crippen molar-refractivity contribution in [3.63, 3.8) is 0 Å². The van der Waals surface area contributed by atoms with E-state index in [0.717, 1.165) is 31.9 Å². The fourth-order valence-corrected chi connectivity index (χ4v) is 2.00. The van der Waals surface area contributed by atoms with Gasteiger partial charge >= 0.3 is 0 Å². The lowest BCUT2D eigenvalue weighted by Crippen LogP contribution is -2.26. The molecule has 1 heterocycles. The largest absolute Gasteiger partial charge is 0.347 e. The first-order chi connectivity index (χ1) is 8.06. The van der Waals surface area contributed by atoms with Gasteiger partial charge in [-0.15, -0.1) is 0 Å². The topological polar surface area (TPSA) is 31.9 Å². The molecular weight excluding hydrogens is 230 g/mol. The number of aromatic amines is 1. The second-order valence-corrected chi connectivity index (χ2v) is 4.97. The smallest absolute Gasteiger partial charge is 0.129 e. The van der Waals surface area contributed by atoms with Crippen molar-refractivity contribution >= 4 is 12.2 Å². The van der Waals surface area contributed by atoms with Crippen LogP contribution in [0.2, 0.25) is 0 Å². The van der Waals surface area contributed by atoms with E-state index >= 15 is 0 Å². The van der Waals surface area contributed by atoms with E-state index in [1.807, 2.05) is 6.07 Å². The standard InChI is InChI=1S/C13H23N3S/c1-5-16(6-2)8-7-12-14-11(10(3)4)9-13(17)15-12/h9-10H,5-8H2,1-4H3,(H,14,15,17). The van der Waals surface area contributed by atoms with Gasteiger partial charge in [0.25, 0.3) is 0 Å². The van der Waals surface area contributed by atoms with Crippen LogP contribution in [-0.2, 0) is 6.42 Å². The maximum absolute atomic E-state index is 5.20. The molecule has 3 nitrogen and oxygen atoms in total. The molecule has 0 amide bonds. The number of H-pyrrole nitrogens is 1. The molecule has 0 spiro atoms. The minimum absolute atomic E-state index is 0.465. The third kappa shape index (κ3) is 4.56. The van der Waals surface area contributed by atoms with Gasteiger partial charge in [-0.25, -0.2) is 4.98 Å². The molecule has 0 bridgehead atoms. The highest BCUT2D eigenvalue weighted by Gasteiger charge is 2.05. The number of rotatable bonds is 6. The molecule has 0 atom stereocenters. The molecule has 0 saturated carbocycles. The fraction of sp³-hybridized carbons (Fsp3) is 0.692. The molecule has 96 valence electrons. The highest BCUT2D eigenvalue weighted by atomic mass is 32.1. The van der Waals surface area contributed by atoms with Crippen molar-refractivity contribution in [1.29, 1.82) is 0 Å². The summed E-state index contributed by atoms with van der Waals surface area (Å²) in [5, 5.41) is 0. The van der Waals surface area contributed by atoms with Crippen LogP contribution in [0.5, 0.6) is 0 Å². The Morgan fingerprint density at radius 3 is 2.53 bits per heavy atom. The minimum Gasteiger partial charge on any atom is -0.347 e. The van der Waals surface area contributed by atoms with E-state index in [0.29, 0.717) is 10.6 Å². The van der Waals surface area contributed by atoms with Gasteiger partial charge in [0.2, 0.25) is 0 Å². The number of aromatic nitrogens is 2. The second kappa shape index (κ2) is 6.87. The summed E-state index contributed by atoms with van der Waals surface area (Å²) in [6.45, 7) is 11.9. The van der Waals surface area contributed by atoms with Gasteiger partial charge in [0, 0.05) is 18.7 Å². The molecular formula is C13H23N3S. The zero-order valence-electron chi connectivity index (χ0n) is 11.3. The van der Waals surface area contributed by atoms with Crippen molar-refractivity contribution < 1.29 is 0 Å². The molecule has 1 N–H and O–H groups in total. The minimum atomic E-state index is 0.465. The lowest BCUT2D eigenvalue weighted by atomic mass is 10.1. The van der Waals surface area contributed by atoms with Crippen molar-refractivity contribution in [3.8, 4) is 0 Å². The van der Waals surface area contributed by atoms with E-state index in [4.69, 9.17) is 12.2 Å². The Labute approximate surface area is 109 Å². The number of hydrogen-bond donors (Lipinski definition) is 1. The van der Waals surface area contributed by atoms with Crippen LogP contribution in [0.15, 0.2) is 6.07 Å². The summed E-state index contributed by atoms with van der Waals surface area (Å²) in [4.78, 5) is 10.2. The molecule has 0 aromatic carbocycles. The Balaban J connectivity index is 2.74. The van der Waals surface area contributed by atoms with Gasteiger partial charge in [-0.3, -0.25) is 0 Å². The van der Waals surface area contributed by atoms with Gasteiger partial charge in [0.05, 0.1) is 0 Å². The normalized spacial score (nSPS) is 11.4. The Bertz CT molecular complexity index is 394. The molecule has 0 aliphatic carbocycles. The first kappa shape index (κ1) is 14.3. The van der Waals surface area contributed by atoms with Crippen LogP contribution in [0.3, 0.4) is 0 Å². The number of nitrogens with one attached hydrogen (secondary N) is 1. The highest BCUT2D eigenvalue weighted by molar-refractivity contribution is 7.71. The van der Waals surface area contributed by atoms with E-state index in [9.17, 15) is 0 Å². The molecule has 1 aromatic rings. The van der Waals surface area contributed by atoms with E-state index in [2.05, 4.69) is 42.6 Å². The zero-order chi connectivity index (χ0) is 12.8. The number of hydrogen-bond acceptors (Lipinski definition) is 3. The fourth-order valence-electron chi connectivity index (χ4n) is 1.76. The summed E-state index contributed by atoms with van der Waals surface area (Å²) in [7, 11) is 0. The van der Waals surface area contributed by atoms with Gasteiger partial charge in [0.15, 0.2) is 0 Å². The maximum atomic E-state index is 5.20. The molecule has 0 radical (unpaired) electrons. The van der Waals surface area contributed by atoms with Crippen LogP contribution in [0.4, 0.5) is 0 Å². The quantitative estimate of drug-likeness (QED) is 0.790. The summed E-state index contributed by atoms with van der Waals surface area (Å²) in [5.74, 6) is 1.47. The summed E-state index contributed by atoms with van der Waals surface area (Å²) in [6.07, 6.45) is 0.936. The molecule has 0 saturated heterocycles. The Morgan fingerprint density at radius 1 is 1.35 bits per heavy atom. The molecule has 17 heavy (non-hydrogen) atoms. The van der Waals surface area contributed by atoms with Crippen LogP contribution < -0.4 is 0 Å². The van der Waals surface area contributed by atoms with Gasteiger partial charge in [0.1, 0.15) is 10.5 Å². The lowest BCUT2D eigenvalue weighted by Gasteiger charge is -2.17. The third-order valence-corrected chi connectivity index (χ3v) is 3.20. The van der Waals surface area contributed by atoms with E-state index in [1.165, 1.54) is 5.69 Å². The first-order valence-corrected chi connectivity index (χ1v) is 6.80. The van der Waals surface area contributed by atoms with Crippen molar-refractivity contribution in [2.75, 3.05) is 19.6 Å². The third-order valence-electron chi connectivity index (χ3n) is 2.99. The summed E-state index contributed by atoms with van der Waals surface area (Å²) < 4.78 is 0.696. The lowest BCUT2D eigenvalue weighted by molar-refractivity contribution is 0.305. The average molecular weight is 253 g/mol. The van der Waals surface area contributed by atoms with Gasteiger partial charge < -0.3 is 9.88 Å². The highest BCUT2D eigenvalue weighted by Crippen LogP contribution is 2.11. The van der Waals surface area contributed by atoms with E-state index in [1.54, 1.807) is 0 Å². The second-order valence-electron chi connectivity index (χ2n) is 4.55. The van der Waals surface area contributed by atoms with Crippen LogP contribution >= 0.6 is 12.2 Å². The van der Waals surface area contributed by atoms with Gasteiger partial charge in [-0.05, 0) is 25.1 Å².